The van der Waals surface area contributed by atoms with Gasteiger partial charge >= 0.3 is 0 Å². The third-order valence-electron chi connectivity index (χ3n) is 4.02. The molecule has 0 radical (unpaired) electrons. The lowest BCUT2D eigenvalue weighted by Gasteiger charge is -2.32. The number of amides is 1. The molecule has 0 spiro atoms. The second kappa shape index (κ2) is 7.39. The third-order valence-corrected chi connectivity index (χ3v) is 4.02. The predicted octanol–water partition coefficient (Wildman–Crippen LogP) is 0.794. The Morgan fingerprint density at radius 3 is 3.04 bits per heavy atom. The Bertz CT molecular complexity index is 754. The van der Waals surface area contributed by atoms with Gasteiger partial charge in [-0.25, -0.2) is 4.98 Å². The van der Waals surface area contributed by atoms with Gasteiger partial charge in [-0.1, -0.05) is 12.1 Å². The molecule has 0 unspecified atom stereocenters. The van der Waals surface area contributed by atoms with Crippen molar-refractivity contribution in [1.82, 2.24) is 20.0 Å². The number of morpholine rings is 1. The molecule has 2 aromatic rings. The summed E-state index contributed by atoms with van der Waals surface area (Å²) in [5.41, 5.74) is 1.32. The average Bonchev–Trinajstić information content (AvgIpc) is 3.09. The van der Waals surface area contributed by atoms with Gasteiger partial charge in [0, 0.05) is 30.9 Å². The number of nitrogens with zero attached hydrogens (tertiary/aromatic N) is 3. The molecule has 1 saturated heterocycles. The number of rotatable bonds is 5. The molecule has 1 N–H and O–H groups in total. The van der Waals surface area contributed by atoms with Crippen LogP contribution in [0.2, 0.25) is 0 Å². The van der Waals surface area contributed by atoms with Gasteiger partial charge in [0.15, 0.2) is 0 Å². The summed E-state index contributed by atoms with van der Waals surface area (Å²) in [5.74, 6) is 0.105. The maximum atomic E-state index is 12.5. The Morgan fingerprint density at radius 1 is 1.42 bits per heavy atom. The molecule has 2 aromatic heterocycles. The highest BCUT2D eigenvalue weighted by Crippen LogP contribution is 2.15. The highest BCUT2D eigenvalue weighted by Gasteiger charge is 2.27. The number of carbonyl (C=O) groups is 1. The number of hydrogen-bond acceptors (Lipinski definition) is 6. The van der Waals surface area contributed by atoms with Crippen LogP contribution >= 0.6 is 0 Å². The third kappa shape index (κ3) is 3.88. The highest BCUT2D eigenvalue weighted by atomic mass is 16.5. The van der Waals surface area contributed by atoms with Gasteiger partial charge in [-0.2, -0.15) is 0 Å². The number of aromatic amines is 1. The van der Waals surface area contributed by atoms with Crippen molar-refractivity contribution in [3.8, 4) is 0 Å². The zero-order valence-corrected chi connectivity index (χ0v) is 13.5. The number of carbonyl (C=O) groups excluding carboxylic acids is 1. The first-order chi connectivity index (χ1) is 11.7. The molecule has 0 aliphatic carbocycles. The van der Waals surface area contributed by atoms with Crippen LogP contribution in [0.25, 0.3) is 0 Å². The molecule has 24 heavy (non-hydrogen) atoms. The summed E-state index contributed by atoms with van der Waals surface area (Å²) in [4.78, 5) is 32.1. The van der Waals surface area contributed by atoms with Gasteiger partial charge in [0.1, 0.15) is 0 Å². The van der Waals surface area contributed by atoms with Gasteiger partial charge in [-0.15, -0.1) is 0 Å². The van der Waals surface area contributed by atoms with E-state index in [4.69, 9.17) is 9.26 Å². The molecule has 128 valence electrons. The van der Waals surface area contributed by atoms with Crippen LogP contribution in [0.5, 0.6) is 0 Å². The number of aryl methyl sites for hydroxylation is 2. The van der Waals surface area contributed by atoms with Gasteiger partial charge < -0.3 is 19.1 Å². The Hall–Kier alpha value is -2.48. The van der Waals surface area contributed by atoms with E-state index in [-0.39, 0.29) is 23.3 Å². The van der Waals surface area contributed by atoms with Crippen molar-refractivity contribution in [2.45, 2.75) is 32.3 Å². The van der Waals surface area contributed by atoms with Crippen LogP contribution < -0.4 is 5.56 Å². The Labute approximate surface area is 138 Å². The van der Waals surface area contributed by atoms with Crippen molar-refractivity contribution < 1.29 is 14.1 Å². The molecule has 0 aromatic carbocycles. The molecule has 1 amide bonds. The molecular weight excluding hydrogens is 312 g/mol. The van der Waals surface area contributed by atoms with Crippen molar-refractivity contribution in [1.29, 1.82) is 0 Å². The van der Waals surface area contributed by atoms with Crippen molar-refractivity contribution in [2.24, 2.45) is 0 Å². The molecule has 1 atom stereocenters. The van der Waals surface area contributed by atoms with Crippen molar-refractivity contribution in [3.63, 3.8) is 0 Å². The molecule has 8 heteroatoms. The van der Waals surface area contributed by atoms with E-state index in [1.807, 2.05) is 6.92 Å². The minimum absolute atomic E-state index is 0.0858. The van der Waals surface area contributed by atoms with Crippen LogP contribution in [0, 0.1) is 0 Å². The number of aromatic nitrogens is 3. The van der Waals surface area contributed by atoms with E-state index in [2.05, 4.69) is 15.1 Å². The summed E-state index contributed by atoms with van der Waals surface area (Å²) < 4.78 is 10.8. The summed E-state index contributed by atoms with van der Waals surface area (Å²) in [5, 5.41) is 3.86. The maximum Gasteiger partial charge on any atom is 0.292 e. The van der Waals surface area contributed by atoms with E-state index < -0.39 is 0 Å². The lowest BCUT2D eigenvalue weighted by molar-refractivity contribution is -0.0258. The van der Waals surface area contributed by atoms with Crippen LogP contribution in [-0.4, -0.2) is 51.7 Å². The molecular formula is C16H20N4O4. The van der Waals surface area contributed by atoms with Crippen LogP contribution in [0.3, 0.4) is 0 Å². The van der Waals surface area contributed by atoms with E-state index in [0.717, 1.165) is 12.1 Å². The fraction of sp³-hybridized carbons (Fsp3) is 0.500. The number of H-pyrrole nitrogens is 1. The Balaban J connectivity index is 1.57. The van der Waals surface area contributed by atoms with E-state index in [0.29, 0.717) is 38.2 Å². The van der Waals surface area contributed by atoms with Crippen molar-refractivity contribution >= 4 is 5.91 Å². The summed E-state index contributed by atoms with van der Waals surface area (Å²) in [6, 6.07) is 3.17. The van der Waals surface area contributed by atoms with Crippen molar-refractivity contribution in [2.75, 3.05) is 19.7 Å². The maximum absolute atomic E-state index is 12.5. The first-order valence-corrected chi connectivity index (χ1v) is 8.05. The van der Waals surface area contributed by atoms with Crippen LogP contribution in [0.4, 0.5) is 0 Å². The van der Waals surface area contributed by atoms with Gasteiger partial charge in [-0.3, -0.25) is 9.59 Å². The molecule has 0 saturated carbocycles. The standard InChI is InChI=1S/C16H20N4O4/c1-2-11-7-14(24-19-11)16(22)20-5-6-23-13(9-20)4-3-12-8-15(21)18-10-17-12/h7-8,10,13H,2-6,9H2,1H3,(H,17,18,21)/t13-/m0/s1. The lowest BCUT2D eigenvalue weighted by atomic mass is 10.1. The summed E-state index contributed by atoms with van der Waals surface area (Å²) in [6.07, 6.45) is 3.35. The van der Waals surface area contributed by atoms with E-state index >= 15 is 0 Å². The lowest BCUT2D eigenvalue weighted by Crippen LogP contribution is -2.45. The molecule has 3 heterocycles. The second-order valence-electron chi connectivity index (χ2n) is 5.72. The van der Waals surface area contributed by atoms with Crippen molar-refractivity contribution in [3.05, 3.63) is 46.0 Å². The monoisotopic (exact) mass is 332 g/mol. The fourth-order valence-electron chi connectivity index (χ4n) is 2.67. The molecule has 1 aliphatic rings. The zero-order valence-electron chi connectivity index (χ0n) is 13.5. The molecule has 0 bridgehead atoms. The second-order valence-corrected chi connectivity index (χ2v) is 5.72. The summed E-state index contributed by atoms with van der Waals surface area (Å²) in [6.45, 7) is 3.46. The quantitative estimate of drug-likeness (QED) is 0.869. The Morgan fingerprint density at radius 2 is 2.29 bits per heavy atom. The minimum atomic E-state index is -0.168. The van der Waals surface area contributed by atoms with E-state index in [1.54, 1.807) is 11.0 Å². The van der Waals surface area contributed by atoms with Gasteiger partial charge in [-0.05, 0) is 19.3 Å². The van der Waals surface area contributed by atoms with Crippen LogP contribution in [0.1, 0.15) is 35.3 Å². The number of hydrogen-bond donors (Lipinski definition) is 1. The smallest absolute Gasteiger partial charge is 0.292 e. The molecule has 1 fully saturated rings. The predicted molar refractivity (Wildman–Crippen MR) is 84.7 cm³/mol. The zero-order chi connectivity index (χ0) is 16.9. The number of ether oxygens (including phenoxy) is 1. The SMILES string of the molecule is CCc1cc(C(=O)N2CCO[C@@H](CCc3cc(=O)[nH]cn3)C2)on1. The van der Waals surface area contributed by atoms with E-state index in [1.165, 1.54) is 12.4 Å². The van der Waals surface area contributed by atoms with Gasteiger partial charge in [0.05, 0.1) is 24.7 Å². The first-order valence-electron chi connectivity index (χ1n) is 8.05. The van der Waals surface area contributed by atoms with Crippen LogP contribution in [-0.2, 0) is 17.6 Å². The summed E-state index contributed by atoms with van der Waals surface area (Å²) in [7, 11) is 0. The normalized spacial score (nSPS) is 17.9. The molecule has 1 aliphatic heterocycles. The Kier molecular flexibility index (Phi) is 5.05. The largest absolute Gasteiger partial charge is 0.375 e. The van der Waals surface area contributed by atoms with Crippen LogP contribution in [0.15, 0.2) is 27.8 Å². The summed E-state index contributed by atoms with van der Waals surface area (Å²) >= 11 is 0. The van der Waals surface area contributed by atoms with Gasteiger partial charge in [0.25, 0.3) is 11.5 Å². The molecule has 8 nitrogen and oxygen atoms in total. The van der Waals surface area contributed by atoms with E-state index in [9.17, 15) is 9.59 Å². The minimum Gasteiger partial charge on any atom is -0.375 e. The topological polar surface area (TPSA) is 101 Å². The fourth-order valence-corrected chi connectivity index (χ4v) is 2.67. The first kappa shape index (κ1) is 16.4. The van der Waals surface area contributed by atoms with Gasteiger partial charge in [0.2, 0.25) is 5.76 Å². The average molecular weight is 332 g/mol. The molecule has 3 rings (SSSR count). The highest BCUT2D eigenvalue weighted by molar-refractivity contribution is 5.91. The number of nitrogens with one attached hydrogen (secondary N) is 1.